The van der Waals surface area contributed by atoms with Gasteiger partial charge >= 0.3 is 6.09 Å². The summed E-state index contributed by atoms with van der Waals surface area (Å²) < 4.78 is 4.53. The van der Waals surface area contributed by atoms with Crippen LogP contribution in [0.1, 0.15) is 13.8 Å². The second-order valence-corrected chi connectivity index (χ2v) is 1.64. The molecule has 4 heteroatoms. The van der Waals surface area contributed by atoms with E-state index in [9.17, 15) is 4.79 Å². The van der Waals surface area contributed by atoms with Crippen LogP contribution in [0.2, 0.25) is 0 Å². The van der Waals surface area contributed by atoms with Crippen molar-refractivity contribution in [2.24, 2.45) is 5.10 Å². The van der Waals surface area contributed by atoms with Gasteiger partial charge in [-0.15, -0.1) is 0 Å². The number of hydrogen-bond acceptors (Lipinski definition) is 3. The highest BCUT2D eigenvalue weighted by molar-refractivity contribution is 5.73. The molecule has 0 radical (unpaired) electrons. The van der Waals surface area contributed by atoms with Crippen LogP contribution in [-0.4, -0.2) is 18.9 Å². The van der Waals surface area contributed by atoms with Crippen LogP contribution in [-0.2, 0) is 4.74 Å². The van der Waals surface area contributed by atoms with Crippen molar-refractivity contribution in [3.8, 4) is 0 Å². The van der Waals surface area contributed by atoms with E-state index in [0.29, 0.717) is 6.61 Å². The molecule has 0 heterocycles. The van der Waals surface area contributed by atoms with Gasteiger partial charge in [-0.05, 0) is 19.9 Å². The summed E-state index contributed by atoms with van der Waals surface area (Å²) in [7, 11) is 0. The van der Waals surface area contributed by atoms with Gasteiger partial charge in [0, 0.05) is 6.21 Å². The molecule has 1 N–H and O–H groups in total. The molecule has 0 atom stereocenters. The van der Waals surface area contributed by atoms with Gasteiger partial charge in [0.15, 0.2) is 0 Å². The number of carbonyl (C=O) groups excluding carboxylic acids is 1. The van der Waals surface area contributed by atoms with Crippen molar-refractivity contribution in [1.29, 1.82) is 0 Å². The van der Waals surface area contributed by atoms with E-state index in [4.69, 9.17) is 0 Å². The van der Waals surface area contributed by atoms with Crippen LogP contribution in [0, 0.1) is 0 Å². The summed E-state index contributed by atoms with van der Waals surface area (Å²) in [5.74, 6) is 0. The van der Waals surface area contributed by atoms with Crippen LogP contribution in [0.3, 0.4) is 0 Å². The molecule has 0 unspecified atom stereocenters. The van der Waals surface area contributed by atoms with Gasteiger partial charge in [-0.1, -0.05) is 6.08 Å². The zero-order valence-electron chi connectivity index (χ0n) is 6.70. The van der Waals surface area contributed by atoms with E-state index in [1.165, 1.54) is 6.21 Å². The molecule has 62 valence electrons. The molecule has 0 saturated heterocycles. The van der Waals surface area contributed by atoms with Gasteiger partial charge in [0.1, 0.15) is 0 Å². The highest BCUT2D eigenvalue weighted by Gasteiger charge is 1.93. The van der Waals surface area contributed by atoms with Gasteiger partial charge in [-0.2, -0.15) is 5.10 Å². The number of hydrogen-bond donors (Lipinski definition) is 1. The van der Waals surface area contributed by atoms with Crippen LogP contribution < -0.4 is 5.43 Å². The normalized spacial score (nSPS) is 10.7. The van der Waals surface area contributed by atoms with Crippen molar-refractivity contribution in [3.05, 3.63) is 12.2 Å². The molecule has 0 bridgehead atoms. The van der Waals surface area contributed by atoms with Crippen molar-refractivity contribution in [1.82, 2.24) is 5.43 Å². The summed E-state index contributed by atoms with van der Waals surface area (Å²) in [6.07, 6.45) is 4.44. The van der Waals surface area contributed by atoms with Crippen molar-refractivity contribution in [2.75, 3.05) is 6.61 Å². The molecule has 0 aromatic heterocycles. The van der Waals surface area contributed by atoms with Crippen molar-refractivity contribution in [2.45, 2.75) is 13.8 Å². The highest BCUT2D eigenvalue weighted by atomic mass is 16.5. The van der Waals surface area contributed by atoms with E-state index in [2.05, 4.69) is 15.3 Å². The Morgan fingerprint density at radius 3 is 3.00 bits per heavy atom. The third-order valence-corrected chi connectivity index (χ3v) is 0.784. The minimum Gasteiger partial charge on any atom is -0.449 e. The largest absolute Gasteiger partial charge is 0.449 e. The topological polar surface area (TPSA) is 50.7 Å². The maximum atomic E-state index is 10.5. The summed E-state index contributed by atoms with van der Waals surface area (Å²) in [6.45, 7) is 3.94. The van der Waals surface area contributed by atoms with E-state index in [1.54, 1.807) is 19.1 Å². The average molecular weight is 156 g/mol. The van der Waals surface area contributed by atoms with Gasteiger partial charge in [-0.25, -0.2) is 10.2 Å². The fourth-order valence-corrected chi connectivity index (χ4v) is 0.382. The predicted octanol–water partition coefficient (Wildman–Crippen LogP) is 1.29. The van der Waals surface area contributed by atoms with Crippen LogP contribution >= 0.6 is 0 Å². The third-order valence-electron chi connectivity index (χ3n) is 0.784. The Morgan fingerprint density at radius 1 is 1.73 bits per heavy atom. The third kappa shape index (κ3) is 6.57. The lowest BCUT2D eigenvalue weighted by Crippen LogP contribution is -2.18. The standard InChI is InChI=1S/C7H12N2O2/c1-3-5-6-8-9-7(10)11-4-2/h3,5-6H,4H2,1-2H3,(H,9,10)/b5-3+,8-6-. The minimum absolute atomic E-state index is 0.352. The number of nitrogens with zero attached hydrogens (tertiary/aromatic N) is 1. The first-order valence-corrected chi connectivity index (χ1v) is 3.38. The lowest BCUT2D eigenvalue weighted by Gasteiger charge is -1.96. The number of ether oxygens (including phenoxy) is 1. The molecule has 0 aromatic rings. The quantitative estimate of drug-likeness (QED) is 0.494. The second kappa shape index (κ2) is 6.80. The van der Waals surface area contributed by atoms with Crippen LogP contribution in [0.25, 0.3) is 0 Å². The smallest absolute Gasteiger partial charge is 0.427 e. The van der Waals surface area contributed by atoms with Gasteiger partial charge in [-0.3, -0.25) is 0 Å². The molecule has 0 aliphatic rings. The molecule has 0 rings (SSSR count). The fraction of sp³-hybridized carbons (Fsp3) is 0.429. The monoisotopic (exact) mass is 156 g/mol. The van der Waals surface area contributed by atoms with Crippen molar-refractivity contribution < 1.29 is 9.53 Å². The first-order valence-electron chi connectivity index (χ1n) is 3.38. The first-order chi connectivity index (χ1) is 5.31. The lowest BCUT2D eigenvalue weighted by atomic mass is 10.6. The van der Waals surface area contributed by atoms with Crippen LogP contribution in [0.15, 0.2) is 17.3 Å². The molecular formula is C7H12N2O2. The fourth-order valence-electron chi connectivity index (χ4n) is 0.382. The van der Waals surface area contributed by atoms with Crippen LogP contribution in [0.4, 0.5) is 4.79 Å². The number of carbonyl (C=O) groups is 1. The Kier molecular flexibility index (Phi) is 5.98. The Hall–Kier alpha value is -1.32. The summed E-state index contributed by atoms with van der Waals surface area (Å²) in [5.41, 5.74) is 2.18. The maximum absolute atomic E-state index is 10.5. The number of hydrazone groups is 1. The Bertz CT molecular complexity index is 164. The highest BCUT2D eigenvalue weighted by Crippen LogP contribution is 1.74. The number of amides is 1. The molecule has 0 aliphatic carbocycles. The number of nitrogens with one attached hydrogen (secondary N) is 1. The summed E-state index contributed by atoms with van der Waals surface area (Å²) in [4.78, 5) is 10.5. The molecule has 1 amide bonds. The van der Waals surface area contributed by atoms with E-state index in [1.807, 2.05) is 6.92 Å². The van der Waals surface area contributed by atoms with Crippen LogP contribution in [0.5, 0.6) is 0 Å². The minimum atomic E-state index is -0.534. The van der Waals surface area contributed by atoms with Gasteiger partial charge in [0.25, 0.3) is 0 Å². The molecule has 0 spiro atoms. The Morgan fingerprint density at radius 2 is 2.45 bits per heavy atom. The maximum Gasteiger partial charge on any atom is 0.427 e. The first kappa shape index (κ1) is 9.68. The SMILES string of the molecule is C/C=C/C=N\NC(=O)OCC. The van der Waals surface area contributed by atoms with Gasteiger partial charge < -0.3 is 4.74 Å². The van der Waals surface area contributed by atoms with Gasteiger partial charge in [0.2, 0.25) is 0 Å². The molecule has 0 aliphatic heterocycles. The Labute approximate surface area is 65.9 Å². The average Bonchev–Trinajstić information content (AvgIpc) is 1.99. The van der Waals surface area contributed by atoms with E-state index in [0.717, 1.165) is 0 Å². The second-order valence-electron chi connectivity index (χ2n) is 1.64. The Balaban J connectivity index is 3.44. The van der Waals surface area contributed by atoms with E-state index >= 15 is 0 Å². The van der Waals surface area contributed by atoms with Gasteiger partial charge in [0.05, 0.1) is 6.61 Å². The summed E-state index contributed by atoms with van der Waals surface area (Å²) >= 11 is 0. The van der Waals surface area contributed by atoms with E-state index < -0.39 is 6.09 Å². The zero-order valence-corrected chi connectivity index (χ0v) is 6.70. The molecule has 11 heavy (non-hydrogen) atoms. The lowest BCUT2D eigenvalue weighted by molar-refractivity contribution is 0.152. The molecule has 0 aromatic carbocycles. The molecule has 0 fully saturated rings. The number of rotatable bonds is 3. The molecular weight excluding hydrogens is 144 g/mol. The summed E-state index contributed by atoms with van der Waals surface area (Å²) in [5, 5.41) is 3.54. The zero-order chi connectivity index (χ0) is 8.53. The molecule has 4 nitrogen and oxygen atoms in total. The van der Waals surface area contributed by atoms with E-state index in [-0.39, 0.29) is 0 Å². The summed E-state index contributed by atoms with van der Waals surface area (Å²) in [6, 6.07) is 0. The predicted molar refractivity (Wildman–Crippen MR) is 43.5 cm³/mol. The number of allylic oxidation sites excluding steroid dienone is 2. The molecule has 0 saturated carbocycles. The van der Waals surface area contributed by atoms with Crippen molar-refractivity contribution >= 4 is 12.3 Å². The van der Waals surface area contributed by atoms with Crippen molar-refractivity contribution in [3.63, 3.8) is 0 Å².